The molecule has 0 bridgehead atoms. The van der Waals surface area contributed by atoms with Crippen molar-refractivity contribution in [3.8, 4) is 0 Å². The summed E-state index contributed by atoms with van der Waals surface area (Å²) in [6, 6.07) is 0. The number of aliphatic hydroxyl groups is 2. The Hall–Kier alpha value is -1.04. The Labute approximate surface area is 126 Å². The lowest BCUT2D eigenvalue weighted by molar-refractivity contribution is -0.0457. The number of aromatic nitrogens is 3. The fraction of sp³-hybridized carbons (Fsp3) is 0.455. The van der Waals surface area contributed by atoms with Crippen LogP contribution in [0.3, 0.4) is 0 Å². The van der Waals surface area contributed by atoms with Gasteiger partial charge in [-0.25, -0.2) is 14.4 Å². The summed E-state index contributed by atoms with van der Waals surface area (Å²) >= 11 is 2.05. The topological polar surface area (TPSA) is 106 Å². The van der Waals surface area contributed by atoms with E-state index >= 15 is 0 Å². The van der Waals surface area contributed by atoms with E-state index in [0.717, 1.165) is 3.57 Å². The molecule has 3 heterocycles. The molecule has 1 fully saturated rings. The van der Waals surface area contributed by atoms with Gasteiger partial charge in [-0.1, -0.05) is 0 Å². The van der Waals surface area contributed by atoms with Gasteiger partial charge in [0.05, 0.1) is 12.0 Å². The second-order valence-corrected chi connectivity index (χ2v) is 5.69. The summed E-state index contributed by atoms with van der Waals surface area (Å²) in [6.07, 6.45) is -2.12. The summed E-state index contributed by atoms with van der Waals surface area (Å²) in [5.74, 6) is 0.297. The average Bonchev–Trinajstić information content (AvgIpc) is 2.90. The normalized spacial score (nSPS) is 30.2. The lowest BCUT2D eigenvalue weighted by Gasteiger charge is -2.15. The van der Waals surface area contributed by atoms with Crippen LogP contribution in [0, 0.1) is 3.57 Å². The van der Waals surface area contributed by atoms with E-state index in [-0.39, 0.29) is 0 Å². The minimum absolute atomic E-state index is 0.297. The van der Waals surface area contributed by atoms with Crippen LogP contribution in [0.25, 0.3) is 11.0 Å². The highest BCUT2D eigenvalue weighted by Gasteiger charge is 2.45. The van der Waals surface area contributed by atoms with Crippen LogP contribution in [0.1, 0.15) is 6.23 Å². The van der Waals surface area contributed by atoms with Gasteiger partial charge in [-0.15, -0.1) is 0 Å². The second kappa shape index (κ2) is 5.06. The molecule has 0 aliphatic carbocycles. The van der Waals surface area contributed by atoms with Gasteiger partial charge in [-0.2, -0.15) is 0 Å². The van der Waals surface area contributed by atoms with Crippen molar-refractivity contribution in [1.82, 2.24) is 14.5 Å². The molecule has 2 aromatic heterocycles. The number of halogens is 2. The number of alkyl halides is 1. The highest BCUT2D eigenvalue weighted by Crippen LogP contribution is 2.36. The van der Waals surface area contributed by atoms with Gasteiger partial charge >= 0.3 is 0 Å². The van der Waals surface area contributed by atoms with Crippen LogP contribution >= 0.6 is 22.6 Å². The Morgan fingerprint density at radius 3 is 2.90 bits per heavy atom. The number of fused-ring (bicyclic) bond motifs is 1. The number of nitrogens with zero attached hydrogens (tertiary/aromatic N) is 3. The first kappa shape index (κ1) is 13.9. The standard InChI is InChI=1S/C11H12FIN4O3/c12-7-8(19)5(2-18)20-11(7)17-1-4(13)6-9(14)15-3-16-10(6)17/h1,3,5,7-8,11,18-19H,2H2,(H2,14,15,16). The molecule has 0 spiro atoms. The third kappa shape index (κ3) is 1.96. The first-order valence-corrected chi connectivity index (χ1v) is 6.97. The Bertz CT molecular complexity index is 652. The number of nitrogen functional groups attached to an aromatic ring is 1. The van der Waals surface area contributed by atoms with Crippen LogP contribution in [-0.4, -0.2) is 49.7 Å². The molecule has 1 aliphatic rings. The summed E-state index contributed by atoms with van der Waals surface area (Å²) in [5.41, 5.74) is 6.22. The van der Waals surface area contributed by atoms with E-state index in [2.05, 4.69) is 9.97 Å². The van der Waals surface area contributed by atoms with Crippen molar-refractivity contribution in [1.29, 1.82) is 0 Å². The van der Waals surface area contributed by atoms with Crippen LogP contribution in [0.5, 0.6) is 0 Å². The van der Waals surface area contributed by atoms with Crippen LogP contribution in [0.2, 0.25) is 0 Å². The minimum Gasteiger partial charge on any atom is -0.394 e. The fourth-order valence-electron chi connectivity index (χ4n) is 2.33. The number of hydrogen-bond donors (Lipinski definition) is 3. The molecule has 4 N–H and O–H groups in total. The van der Waals surface area contributed by atoms with Gasteiger partial charge in [0.15, 0.2) is 12.4 Å². The van der Waals surface area contributed by atoms with E-state index in [1.54, 1.807) is 6.20 Å². The largest absolute Gasteiger partial charge is 0.394 e. The highest BCUT2D eigenvalue weighted by molar-refractivity contribution is 14.1. The molecule has 1 saturated heterocycles. The molecule has 4 atom stereocenters. The first-order valence-electron chi connectivity index (χ1n) is 5.89. The van der Waals surface area contributed by atoms with Gasteiger partial charge in [0.2, 0.25) is 0 Å². The maximum atomic E-state index is 14.2. The van der Waals surface area contributed by atoms with Crippen molar-refractivity contribution in [2.45, 2.75) is 24.6 Å². The van der Waals surface area contributed by atoms with Crippen molar-refractivity contribution in [3.05, 3.63) is 16.1 Å². The van der Waals surface area contributed by atoms with E-state index in [1.807, 2.05) is 22.6 Å². The quantitative estimate of drug-likeness (QED) is 0.629. The number of hydrogen-bond acceptors (Lipinski definition) is 6. The smallest absolute Gasteiger partial charge is 0.173 e. The molecule has 0 radical (unpaired) electrons. The van der Waals surface area contributed by atoms with Crippen LogP contribution in [-0.2, 0) is 4.74 Å². The molecule has 7 nitrogen and oxygen atoms in total. The minimum atomic E-state index is -1.66. The molecule has 9 heteroatoms. The van der Waals surface area contributed by atoms with Crippen LogP contribution < -0.4 is 5.73 Å². The molecular weight excluding hydrogens is 382 g/mol. The molecular formula is C11H12FIN4O3. The lowest BCUT2D eigenvalue weighted by Crippen LogP contribution is -2.30. The predicted molar refractivity (Wildman–Crippen MR) is 76.6 cm³/mol. The third-order valence-corrected chi connectivity index (χ3v) is 4.16. The fourth-order valence-corrected chi connectivity index (χ4v) is 3.15. The van der Waals surface area contributed by atoms with Crippen LogP contribution in [0.4, 0.5) is 10.2 Å². The van der Waals surface area contributed by atoms with Crippen molar-refractivity contribution in [3.63, 3.8) is 0 Å². The Balaban J connectivity index is 2.10. The first-order chi connectivity index (χ1) is 9.54. The van der Waals surface area contributed by atoms with Crippen molar-refractivity contribution >= 4 is 39.4 Å². The molecule has 3 rings (SSSR count). The number of nitrogens with two attached hydrogens (primary N) is 1. The molecule has 4 unspecified atom stereocenters. The zero-order chi connectivity index (χ0) is 14.4. The van der Waals surface area contributed by atoms with Crippen molar-refractivity contribution in [2.24, 2.45) is 0 Å². The molecule has 1 aliphatic heterocycles. The van der Waals surface area contributed by atoms with E-state index in [4.69, 9.17) is 15.6 Å². The summed E-state index contributed by atoms with van der Waals surface area (Å²) in [6.45, 7) is -0.453. The maximum Gasteiger partial charge on any atom is 0.173 e. The summed E-state index contributed by atoms with van der Waals surface area (Å²) in [7, 11) is 0. The number of ether oxygens (including phenoxy) is 1. The molecule has 0 aromatic carbocycles. The van der Waals surface area contributed by atoms with Gasteiger partial charge < -0.3 is 25.3 Å². The molecule has 0 saturated carbocycles. The van der Waals surface area contributed by atoms with E-state index in [0.29, 0.717) is 16.9 Å². The molecule has 108 valence electrons. The van der Waals surface area contributed by atoms with Gasteiger partial charge in [0.1, 0.15) is 30.0 Å². The molecule has 20 heavy (non-hydrogen) atoms. The van der Waals surface area contributed by atoms with Crippen molar-refractivity contribution in [2.75, 3.05) is 12.3 Å². The predicted octanol–water partition coefficient (Wildman–Crippen LogP) is 0.207. The van der Waals surface area contributed by atoms with Gasteiger partial charge in [0.25, 0.3) is 0 Å². The van der Waals surface area contributed by atoms with E-state index < -0.39 is 31.2 Å². The highest BCUT2D eigenvalue weighted by atomic mass is 127. The maximum absolute atomic E-state index is 14.2. The SMILES string of the molecule is Nc1ncnc2c1c(I)cn2C1OC(CO)C(O)C1F. The van der Waals surface area contributed by atoms with Gasteiger partial charge in [0, 0.05) is 9.77 Å². The summed E-state index contributed by atoms with van der Waals surface area (Å²) in [4.78, 5) is 7.99. The van der Waals surface area contributed by atoms with E-state index in [1.165, 1.54) is 10.9 Å². The Morgan fingerprint density at radius 2 is 2.25 bits per heavy atom. The monoisotopic (exact) mass is 394 g/mol. The molecule has 0 amide bonds. The van der Waals surface area contributed by atoms with Gasteiger partial charge in [-0.05, 0) is 22.6 Å². The number of anilines is 1. The summed E-state index contributed by atoms with van der Waals surface area (Å²) in [5, 5.41) is 19.4. The Kier molecular flexibility index (Phi) is 3.52. The average molecular weight is 394 g/mol. The van der Waals surface area contributed by atoms with E-state index in [9.17, 15) is 9.50 Å². The zero-order valence-corrected chi connectivity index (χ0v) is 12.3. The third-order valence-electron chi connectivity index (χ3n) is 3.34. The summed E-state index contributed by atoms with van der Waals surface area (Å²) < 4.78 is 21.8. The number of rotatable bonds is 2. The zero-order valence-electron chi connectivity index (χ0n) is 10.1. The lowest BCUT2D eigenvalue weighted by atomic mass is 10.1. The number of aliphatic hydroxyl groups excluding tert-OH is 2. The van der Waals surface area contributed by atoms with Gasteiger partial charge in [-0.3, -0.25) is 0 Å². The Morgan fingerprint density at radius 1 is 1.50 bits per heavy atom. The van der Waals surface area contributed by atoms with Crippen LogP contribution in [0.15, 0.2) is 12.5 Å². The molecule has 2 aromatic rings. The second-order valence-electron chi connectivity index (χ2n) is 4.52. The van der Waals surface area contributed by atoms with Crippen molar-refractivity contribution < 1.29 is 19.3 Å².